The first-order valence-electron chi connectivity index (χ1n) is 5.96. The molecule has 2 aromatic heterocycles. The van der Waals surface area contributed by atoms with Gasteiger partial charge in [-0.3, -0.25) is 9.78 Å². The lowest BCUT2D eigenvalue weighted by atomic mass is 10.2. The highest BCUT2D eigenvalue weighted by Crippen LogP contribution is 2.35. The molecule has 1 saturated heterocycles. The number of carbonyl (C=O) groups excluding carboxylic acids is 1. The van der Waals surface area contributed by atoms with Gasteiger partial charge in [-0.15, -0.1) is 11.3 Å². The van der Waals surface area contributed by atoms with Gasteiger partial charge in [-0.05, 0) is 24.3 Å². The summed E-state index contributed by atoms with van der Waals surface area (Å²) >= 11 is 1.71. The average molecular weight is 259 g/mol. The SMILES string of the molecule is O=C(c1cnccn1)N1CCC[C@H]1c1cccs1. The van der Waals surface area contributed by atoms with Gasteiger partial charge < -0.3 is 4.90 Å². The minimum absolute atomic E-state index is 0.0148. The molecule has 0 spiro atoms. The van der Waals surface area contributed by atoms with Crippen LogP contribution in [-0.4, -0.2) is 27.3 Å². The first kappa shape index (κ1) is 11.3. The predicted molar refractivity (Wildman–Crippen MR) is 69.4 cm³/mol. The maximum atomic E-state index is 12.4. The van der Waals surface area contributed by atoms with Crippen molar-refractivity contribution >= 4 is 17.2 Å². The Bertz CT molecular complexity index is 526. The molecule has 2 aromatic rings. The molecule has 0 bridgehead atoms. The number of hydrogen-bond acceptors (Lipinski definition) is 4. The zero-order valence-electron chi connectivity index (χ0n) is 9.82. The number of rotatable bonds is 2. The summed E-state index contributed by atoms with van der Waals surface area (Å²) in [7, 11) is 0. The topological polar surface area (TPSA) is 46.1 Å². The van der Waals surface area contributed by atoms with E-state index in [1.807, 2.05) is 11.0 Å². The molecule has 0 aromatic carbocycles. The molecule has 1 amide bonds. The summed E-state index contributed by atoms with van der Waals surface area (Å²) in [6, 6.07) is 4.33. The highest BCUT2D eigenvalue weighted by atomic mass is 32.1. The molecule has 0 N–H and O–H groups in total. The molecule has 0 aliphatic carbocycles. The maximum absolute atomic E-state index is 12.4. The van der Waals surface area contributed by atoms with Crippen molar-refractivity contribution in [2.24, 2.45) is 0 Å². The van der Waals surface area contributed by atoms with Gasteiger partial charge in [0.15, 0.2) is 0 Å². The quantitative estimate of drug-likeness (QED) is 0.832. The summed E-state index contributed by atoms with van der Waals surface area (Å²) in [5, 5.41) is 2.05. The molecule has 0 radical (unpaired) electrons. The van der Waals surface area contributed by atoms with Crippen molar-refractivity contribution in [3.05, 3.63) is 46.7 Å². The second-order valence-electron chi connectivity index (χ2n) is 4.26. The van der Waals surface area contributed by atoms with Gasteiger partial charge in [-0.25, -0.2) is 4.98 Å². The van der Waals surface area contributed by atoms with E-state index in [0.29, 0.717) is 5.69 Å². The van der Waals surface area contributed by atoms with E-state index in [4.69, 9.17) is 0 Å². The second-order valence-corrected chi connectivity index (χ2v) is 5.24. The molecule has 92 valence electrons. The van der Waals surface area contributed by atoms with E-state index in [-0.39, 0.29) is 11.9 Å². The Morgan fingerprint density at radius 2 is 2.39 bits per heavy atom. The van der Waals surface area contributed by atoms with Crippen LogP contribution in [0.25, 0.3) is 0 Å². The lowest BCUT2D eigenvalue weighted by Gasteiger charge is -2.23. The van der Waals surface area contributed by atoms with Gasteiger partial charge in [0, 0.05) is 23.8 Å². The van der Waals surface area contributed by atoms with Gasteiger partial charge in [0.2, 0.25) is 0 Å². The molecule has 5 heteroatoms. The van der Waals surface area contributed by atoms with Crippen LogP contribution in [0.2, 0.25) is 0 Å². The largest absolute Gasteiger partial charge is 0.329 e. The minimum atomic E-state index is -0.0148. The van der Waals surface area contributed by atoms with Crippen LogP contribution in [0, 0.1) is 0 Å². The van der Waals surface area contributed by atoms with E-state index >= 15 is 0 Å². The lowest BCUT2D eigenvalue weighted by Crippen LogP contribution is -2.30. The third kappa shape index (κ3) is 2.01. The zero-order valence-corrected chi connectivity index (χ0v) is 10.6. The van der Waals surface area contributed by atoms with Gasteiger partial charge in [0.1, 0.15) is 5.69 Å². The molecule has 1 aliphatic rings. The maximum Gasteiger partial charge on any atom is 0.274 e. The predicted octanol–water partition coefficient (Wildman–Crippen LogP) is 2.52. The Morgan fingerprint density at radius 3 is 3.11 bits per heavy atom. The molecule has 1 atom stereocenters. The Balaban J connectivity index is 1.85. The molecular weight excluding hydrogens is 246 g/mol. The number of amides is 1. The van der Waals surface area contributed by atoms with E-state index in [2.05, 4.69) is 21.4 Å². The van der Waals surface area contributed by atoms with E-state index in [1.165, 1.54) is 11.1 Å². The number of thiophene rings is 1. The molecule has 0 saturated carbocycles. The Labute approximate surface area is 109 Å². The summed E-state index contributed by atoms with van der Waals surface area (Å²) in [4.78, 5) is 23.6. The Hall–Kier alpha value is -1.75. The molecule has 0 unspecified atom stereocenters. The van der Waals surface area contributed by atoms with Crippen molar-refractivity contribution in [2.45, 2.75) is 18.9 Å². The van der Waals surface area contributed by atoms with Crippen LogP contribution in [0.1, 0.15) is 34.2 Å². The van der Waals surface area contributed by atoms with Crippen molar-refractivity contribution < 1.29 is 4.79 Å². The van der Waals surface area contributed by atoms with Crippen molar-refractivity contribution in [3.8, 4) is 0 Å². The molecule has 3 heterocycles. The van der Waals surface area contributed by atoms with E-state index in [1.54, 1.807) is 23.7 Å². The fourth-order valence-corrected chi connectivity index (χ4v) is 3.22. The molecule has 3 rings (SSSR count). The first-order chi connectivity index (χ1) is 8.86. The summed E-state index contributed by atoms with van der Waals surface area (Å²) in [5.74, 6) is -0.0148. The minimum Gasteiger partial charge on any atom is -0.329 e. The lowest BCUT2D eigenvalue weighted by molar-refractivity contribution is 0.0731. The Kier molecular flexibility index (Phi) is 3.06. The summed E-state index contributed by atoms with van der Waals surface area (Å²) in [6.45, 7) is 0.804. The van der Waals surface area contributed by atoms with Gasteiger partial charge in [0.25, 0.3) is 5.91 Å². The van der Waals surface area contributed by atoms with Crippen LogP contribution in [0.3, 0.4) is 0 Å². The highest BCUT2D eigenvalue weighted by Gasteiger charge is 2.31. The third-order valence-corrected chi connectivity index (χ3v) is 4.14. The molecular formula is C13H13N3OS. The second kappa shape index (κ2) is 4.86. The van der Waals surface area contributed by atoms with Gasteiger partial charge >= 0.3 is 0 Å². The first-order valence-corrected chi connectivity index (χ1v) is 6.84. The number of likely N-dealkylation sites (tertiary alicyclic amines) is 1. The standard InChI is InChI=1S/C13H13N3OS/c17-13(10-9-14-5-6-15-10)16-7-1-3-11(16)12-4-2-8-18-12/h2,4-6,8-9,11H,1,3,7H2/t11-/m0/s1. The van der Waals surface area contributed by atoms with Gasteiger partial charge in [-0.1, -0.05) is 6.07 Å². The monoisotopic (exact) mass is 259 g/mol. The summed E-state index contributed by atoms with van der Waals surface area (Å²) in [6.07, 6.45) is 6.76. The highest BCUT2D eigenvalue weighted by molar-refractivity contribution is 7.10. The fourth-order valence-electron chi connectivity index (χ4n) is 2.34. The number of hydrogen-bond donors (Lipinski definition) is 0. The summed E-state index contributed by atoms with van der Waals surface area (Å²) in [5.41, 5.74) is 0.431. The van der Waals surface area contributed by atoms with E-state index < -0.39 is 0 Å². The van der Waals surface area contributed by atoms with Gasteiger partial charge in [0.05, 0.1) is 12.2 Å². The smallest absolute Gasteiger partial charge is 0.274 e. The fraction of sp³-hybridized carbons (Fsp3) is 0.308. The number of carbonyl (C=O) groups is 1. The molecule has 18 heavy (non-hydrogen) atoms. The van der Waals surface area contributed by atoms with E-state index in [9.17, 15) is 4.79 Å². The van der Waals surface area contributed by atoms with Crippen molar-refractivity contribution in [1.29, 1.82) is 0 Å². The van der Waals surface area contributed by atoms with Crippen LogP contribution in [0.4, 0.5) is 0 Å². The molecule has 1 aliphatic heterocycles. The molecule has 1 fully saturated rings. The Morgan fingerprint density at radius 1 is 1.44 bits per heavy atom. The van der Waals surface area contributed by atoms with Crippen LogP contribution in [-0.2, 0) is 0 Å². The van der Waals surface area contributed by atoms with Crippen LogP contribution < -0.4 is 0 Å². The normalized spacial score (nSPS) is 19.1. The average Bonchev–Trinajstić information content (AvgIpc) is 3.09. The third-order valence-electron chi connectivity index (χ3n) is 3.17. The number of aromatic nitrogens is 2. The van der Waals surface area contributed by atoms with Crippen molar-refractivity contribution in [3.63, 3.8) is 0 Å². The number of nitrogens with zero attached hydrogens (tertiary/aromatic N) is 3. The van der Waals surface area contributed by atoms with Crippen LogP contribution >= 0.6 is 11.3 Å². The van der Waals surface area contributed by atoms with Crippen molar-refractivity contribution in [2.75, 3.05) is 6.54 Å². The van der Waals surface area contributed by atoms with Gasteiger partial charge in [-0.2, -0.15) is 0 Å². The summed E-state index contributed by atoms with van der Waals surface area (Å²) < 4.78 is 0. The van der Waals surface area contributed by atoms with E-state index in [0.717, 1.165) is 19.4 Å². The zero-order chi connectivity index (χ0) is 12.4. The van der Waals surface area contributed by atoms with Crippen molar-refractivity contribution in [1.82, 2.24) is 14.9 Å². The van der Waals surface area contributed by atoms with Crippen LogP contribution in [0.15, 0.2) is 36.1 Å². The van der Waals surface area contributed by atoms with Crippen LogP contribution in [0.5, 0.6) is 0 Å². The molecule has 4 nitrogen and oxygen atoms in total.